The lowest BCUT2D eigenvalue weighted by Gasteiger charge is -2.42. The standard InChI is InChI=1S/C18H23N.ClH/c1-2-4-15-13(3-1)9-17-16(15)10-14-7-8-18(17)19(14)11-12-5-6-12;/h1-4,12,14,16-18H,5-11H2;1H/t14?,16-,17+,18?;/m1./s1. The van der Waals surface area contributed by atoms with Crippen molar-refractivity contribution in [3.63, 3.8) is 0 Å². The fourth-order valence-electron chi connectivity index (χ4n) is 5.27. The molecule has 0 radical (unpaired) electrons. The van der Waals surface area contributed by atoms with Gasteiger partial charge < -0.3 is 0 Å². The highest BCUT2D eigenvalue weighted by Crippen LogP contribution is 2.53. The minimum Gasteiger partial charge on any atom is -0.297 e. The van der Waals surface area contributed by atoms with Gasteiger partial charge in [-0.15, -0.1) is 12.4 Å². The van der Waals surface area contributed by atoms with Crippen molar-refractivity contribution in [2.45, 2.75) is 56.5 Å². The normalized spacial score (nSPS) is 38.2. The molecular formula is C18H24ClN. The van der Waals surface area contributed by atoms with Crippen LogP contribution in [0.1, 0.15) is 49.1 Å². The molecule has 0 N–H and O–H groups in total. The van der Waals surface area contributed by atoms with Crippen molar-refractivity contribution < 1.29 is 0 Å². The van der Waals surface area contributed by atoms with Gasteiger partial charge in [-0.3, -0.25) is 4.90 Å². The van der Waals surface area contributed by atoms with Gasteiger partial charge in [0.15, 0.2) is 0 Å². The van der Waals surface area contributed by atoms with Crippen molar-refractivity contribution in [1.29, 1.82) is 0 Å². The van der Waals surface area contributed by atoms with Crippen molar-refractivity contribution in [3.8, 4) is 0 Å². The van der Waals surface area contributed by atoms with Gasteiger partial charge in [-0.25, -0.2) is 0 Å². The third kappa shape index (κ3) is 1.86. The van der Waals surface area contributed by atoms with Gasteiger partial charge in [0.05, 0.1) is 0 Å². The van der Waals surface area contributed by atoms with E-state index < -0.39 is 0 Å². The van der Waals surface area contributed by atoms with Crippen molar-refractivity contribution in [2.75, 3.05) is 6.54 Å². The third-order valence-corrected chi connectivity index (χ3v) is 6.30. The van der Waals surface area contributed by atoms with Crippen LogP contribution in [0.4, 0.5) is 0 Å². The Morgan fingerprint density at radius 2 is 1.90 bits per heavy atom. The zero-order chi connectivity index (χ0) is 12.4. The van der Waals surface area contributed by atoms with Crippen molar-refractivity contribution >= 4 is 12.4 Å². The van der Waals surface area contributed by atoms with E-state index in [2.05, 4.69) is 29.2 Å². The number of halogens is 1. The maximum atomic E-state index is 2.94. The molecule has 4 aliphatic rings. The highest BCUT2D eigenvalue weighted by molar-refractivity contribution is 5.85. The fraction of sp³-hybridized carbons (Fsp3) is 0.667. The molecule has 0 amide bonds. The number of fused-ring (bicyclic) bond motifs is 6. The summed E-state index contributed by atoms with van der Waals surface area (Å²) >= 11 is 0. The van der Waals surface area contributed by atoms with E-state index in [0.29, 0.717) is 0 Å². The molecule has 2 saturated heterocycles. The highest BCUT2D eigenvalue weighted by Gasteiger charge is 2.50. The zero-order valence-corrected chi connectivity index (χ0v) is 12.8. The summed E-state index contributed by atoms with van der Waals surface area (Å²) in [5, 5.41) is 0. The van der Waals surface area contributed by atoms with E-state index >= 15 is 0 Å². The van der Waals surface area contributed by atoms with Crippen LogP contribution in [0.3, 0.4) is 0 Å². The smallest absolute Gasteiger partial charge is 0.0136 e. The maximum absolute atomic E-state index is 2.94. The van der Waals surface area contributed by atoms with Crippen LogP contribution in [0.15, 0.2) is 24.3 Å². The molecule has 2 heteroatoms. The summed E-state index contributed by atoms with van der Waals surface area (Å²) < 4.78 is 0. The monoisotopic (exact) mass is 289 g/mol. The van der Waals surface area contributed by atoms with Crippen LogP contribution in [0.5, 0.6) is 0 Å². The first kappa shape index (κ1) is 13.2. The molecule has 2 aliphatic heterocycles. The predicted octanol–water partition coefficient (Wildman–Crippen LogP) is 4.01. The summed E-state index contributed by atoms with van der Waals surface area (Å²) in [6.45, 7) is 1.43. The van der Waals surface area contributed by atoms with Crippen molar-refractivity contribution in [3.05, 3.63) is 35.4 Å². The number of benzene rings is 1. The summed E-state index contributed by atoms with van der Waals surface area (Å²) in [6, 6.07) is 11.1. The van der Waals surface area contributed by atoms with Crippen LogP contribution in [0, 0.1) is 11.8 Å². The summed E-state index contributed by atoms with van der Waals surface area (Å²) in [5.41, 5.74) is 3.37. The fourth-order valence-corrected chi connectivity index (χ4v) is 5.27. The molecular weight excluding hydrogens is 266 g/mol. The predicted molar refractivity (Wildman–Crippen MR) is 84.5 cm³/mol. The first-order valence-electron chi connectivity index (χ1n) is 8.23. The Morgan fingerprint density at radius 3 is 2.75 bits per heavy atom. The van der Waals surface area contributed by atoms with Crippen LogP contribution in [0.25, 0.3) is 0 Å². The second-order valence-corrected chi connectivity index (χ2v) is 7.35. The van der Waals surface area contributed by atoms with Crippen LogP contribution in [-0.4, -0.2) is 23.5 Å². The van der Waals surface area contributed by atoms with E-state index in [4.69, 9.17) is 0 Å². The van der Waals surface area contributed by atoms with Crippen molar-refractivity contribution in [1.82, 2.24) is 4.90 Å². The van der Waals surface area contributed by atoms with Crippen LogP contribution in [-0.2, 0) is 6.42 Å². The Balaban J connectivity index is 0.00000106. The molecule has 5 rings (SSSR count). The van der Waals surface area contributed by atoms with Crippen molar-refractivity contribution in [2.24, 2.45) is 11.8 Å². The second kappa shape index (κ2) is 4.74. The average molecular weight is 290 g/mol. The van der Waals surface area contributed by atoms with E-state index in [1.54, 1.807) is 11.1 Å². The molecule has 2 heterocycles. The van der Waals surface area contributed by atoms with Crippen LogP contribution < -0.4 is 0 Å². The van der Waals surface area contributed by atoms with Crippen LogP contribution >= 0.6 is 12.4 Å². The molecule has 1 aromatic rings. The SMILES string of the molecule is Cl.c1ccc2c(c1)C[C@@H]1C3CCC(C[C@H]21)N3CC1CC1. The number of piperidine rings is 1. The average Bonchev–Trinajstić information content (AvgIpc) is 3.10. The Kier molecular flexibility index (Phi) is 3.12. The highest BCUT2D eigenvalue weighted by atomic mass is 35.5. The van der Waals surface area contributed by atoms with Gasteiger partial charge in [0, 0.05) is 18.6 Å². The van der Waals surface area contributed by atoms with Crippen LogP contribution in [0.2, 0.25) is 0 Å². The van der Waals surface area contributed by atoms with Gasteiger partial charge in [-0.2, -0.15) is 0 Å². The molecule has 20 heavy (non-hydrogen) atoms. The number of hydrogen-bond acceptors (Lipinski definition) is 1. The minimum atomic E-state index is 0. The summed E-state index contributed by atoms with van der Waals surface area (Å²) in [4.78, 5) is 2.94. The lowest BCUT2D eigenvalue weighted by Crippen LogP contribution is -2.47. The Hall–Kier alpha value is -0.530. The molecule has 2 bridgehead atoms. The molecule has 1 aromatic carbocycles. The lowest BCUT2D eigenvalue weighted by molar-refractivity contribution is 0.0766. The van der Waals surface area contributed by atoms with E-state index in [-0.39, 0.29) is 12.4 Å². The number of rotatable bonds is 2. The quantitative estimate of drug-likeness (QED) is 0.795. The molecule has 3 fully saturated rings. The topological polar surface area (TPSA) is 3.24 Å². The van der Waals surface area contributed by atoms with Gasteiger partial charge in [-0.05, 0) is 67.4 Å². The molecule has 2 aliphatic carbocycles. The molecule has 0 spiro atoms. The minimum absolute atomic E-state index is 0. The molecule has 1 nitrogen and oxygen atoms in total. The Bertz CT molecular complexity index is 510. The Morgan fingerprint density at radius 1 is 1.05 bits per heavy atom. The van der Waals surface area contributed by atoms with E-state index in [9.17, 15) is 0 Å². The van der Waals surface area contributed by atoms with Gasteiger partial charge in [-0.1, -0.05) is 24.3 Å². The van der Waals surface area contributed by atoms with E-state index in [0.717, 1.165) is 29.8 Å². The largest absolute Gasteiger partial charge is 0.297 e. The van der Waals surface area contributed by atoms with Gasteiger partial charge in [0.25, 0.3) is 0 Å². The van der Waals surface area contributed by atoms with Gasteiger partial charge >= 0.3 is 0 Å². The molecule has 2 unspecified atom stereocenters. The van der Waals surface area contributed by atoms with E-state index in [1.165, 1.54) is 45.1 Å². The second-order valence-electron chi connectivity index (χ2n) is 7.35. The number of nitrogens with zero attached hydrogens (tertiary/aromatic N) is 1. The molecule has 0 aromatic heterocycles. The molecule has 4 atom stereocenters. The van der Waals surface area contributed by atoms with E-state index in [1.807, 2.05) is 0 Å². The zero-order valence-electron chi connectivity index (χ0n) is 12.0. The molecule has 1 saturated carbocycles. The summed E-state index contributed by atoms with van der Waals surface area (Å²) in [5.74, 6) is 2.89. The van der Waals surface area contributed by atoms with Gasteiger partial charge in [0.1, 0.15) is 0 Å². The maximum Gasteiger partial charge on any atom is 0.0136 e. The molecule has 108 valence electrons. The Labute approximate surface area is 128 Å². The lowest BCUT2D eigenvalue weighted by atomic mass is 9.80. The number of hydrogen-bond donors (Lipinski definition) is 0. The summed E-state index contributed by atoms with van der Waals surface area (Å²) in [7, 11) is 0. The first-order valence-corrected chi connectivity index (χ1v) is 8.23. The van der Waals surface area contributed by atoms with Gasteiger partial charge in [0.2, 0.25) is 0 Å². The summed E-state index contributed by atoms with van der Waals surface area (Å²) in [6.07, 6.45) is 8.78. The third-order valence-electron chi connectivity index (χ3n) is 6.30. The first-order chi connectivity index (χ1) is 9.40.